The smallest absolute Gasteiger partial charge is 0.238 e. The van der Waals surface area contributed by atoms with E-state index in [1.54, 1.807) is 4.90 Å². The van der Waals surface area contributed by atoms with E-state index in [1.807, 2.05) is 19.1 Å². The SMILES string of the molecule is CC1C=CCN1C(=O)CCl. The van der Waals surface area contributed by atoms with Crippen molar-refractivity contribution in [3.05, 3.63) is 12.2 Å². The second-order valence-electron chi connectivity index (χ2n) is 2.35. The number of carbonyl (C=O) groups excluding carboxylic acids is 1. The number of alkyl halides is 1. The lowest BCUT2D eigenvalue weighted by Crippen LogP contribution is -2.34. The minimum Gasteiger partial charge on any atom is -0.332 e. The van der Waals surface area contributed by atoms with Crippen molar-refractivity contribution in [2.24, 2.45) is 0 Å². The highest BCUT2D eigenvalue weighted by Gasteiger charge is 2.19. The minimum atomic E-state index is 0.0131. The van der Waals surface area contributed by atoms with Crippen LogP contribution in [0.25, 0.3) is 0 Å². The molecule has 1 aliphatic heterocycles. The van der Waals surface area contributed by atoms with Crippen molar-refractivity contribution in [1.29, 1.82) is 0 Å². The van der Waals surface area contributed by atoms with E-state index >= 15 is 0 Å². The molecular formula is C7H10ClNO. The summed E-state index contributed by atoms with van der Waals surface area (Å²) in [6.07, 6.45) is 3.99. The van der Waals surface area contributed by atoms with Crippen molar-refractivity contribution >= 4 is 17.5 Å². The highest BCUT2D eigenvalue weighted by molar-refractivity contribution is 6.27. The number of amides is 1. The maximum absolute atomic E-state index is 11.0. The predicted molar refractivity (Wildman–Crippen MR) is 41.0 cm³/mol. The van der Waals surface area contributed by atoms with E-state index < -0.39 is 0 Å². The van der Waals surface area contributed by atoms with E-state index in [-0.39, 0.29) is 17.8 Å². The van der Waals surface area contributed by atoms with Gasteiger partial charge in [0, 0.05) is 12.6 Å². The zero-order valence-electron chi connectivity index (χ0n) is 5.88. The van der Waals surface area contributed by atoms with Gasteiger partial charge >= 0.3 is 0 Å². The van der Waals surface area contributed by atoms with Crippen molar-refractivity contribution in [3.8, 4) is 0 Å². The summed E-state index contributed by atoms with van der Waals surface area (Å²) < 4.78 is 0. The Balaban J connectivity index is 2.51. The summed E-state index contributed by atoms with van der Waals surface area (Å²) >= 11 is 5.38. The summed E-state index contributed by atoms with van der Waals surface area (Å²) in [6.45, 7) is 2.70. The summed E-state index contributed by atoms with van der Waals surface area (Å²) in [6, 6.07) is 0.228. The van der Waals surface area contributed by atoms with Gasteiger partial charge in [0.1, 0.15) is 5.88 Å². The van der Waals surface area contributed by atoms with Crippen molar-refractivity contribution in [3.63, 3.8) is 0 Å². The van der Waals surface area contributed by atoms with Crippen LogP contribution < -0.4 is 0 Å². The van der Waals surface area contributed by atoms with Gasteiger partial charge in [-0.05, 0) is 6.92 Å². The number of hydrogen-bond acceptors (Lipinski definition) is 1. The molecule has 0 radical (unpaired) electrons. The zero-order valence-corrected chi connectivity index (χ0v) is 6.64. The molecule has 0 spiro atoms. The lowest BCUT2D eigenvalue weighted by Gasteiger charge is -2.19. The molecule has 2 nitrogen and oxygen atoms in total. The average molecular weight is 160 g/mol. The largest absolute Gasteiger partial charge is 0.332 e. The number of nitrogens with zero attached hydrogens (tertiary/aromatic N) is 1. The Kier molecular flexibility index (Phi) is 2.33. The van der Waals surface area contributed by atoms with E-state index in [2.05, 4.69) is 0 Å². The van der Waals surface area contributed by atoms with Crippen molar-refractivity contribution in [2.75, 3.05) is 12.4 Å². The van der Waals surface area contributed by atoms with Crippen LogP contribution in [0.1, 0.15) is 6.92 Å². The standard InChI is InChI=1S/C7H10ClNO/c1-6-3-2-4-9(6)7(10)5-8/h2-3,6H,4-5H2,1H3. The molecular weight excluding hydrogens is 150 g/mol. The van der Waals surface area contributed by atoms with E-state index in [0.717, 1.165) is 0 Å². The van der Waals surface area contributed by atoms with Crippen LogP contribution in [0.5, 0.6) is 0 Å². The summed E-state index contributed by atoms with van der Waals surface area (Å²) in [7, 11) is 0. The third-order valence-electron chi connectivity index (χ3n) is 1.64. The van der Waals surface area contributed by atoms with Gasteiger partial charge < -0.3 is 4.90 Å². The van der Waals surface area contributed by atoms with Crippen LogP contribution in [0.15, 0.2) is 12.2 Å². The van der Waals surface area contributed by atoms with E-state index in [0.29, 0.717) is 6.54 Å². The molecule has 56 valence electrons. The number of carbonyl (C=O) groups is 1. The molecule has 0 aromatic heterocycles. The van der Waals surface area contributed by atoms with Crippen LogP contribution >= 0.6 is 11.6 Å². The number of hydrogen-bond donors (Lipinski definition) is 0. The second kappa shape index (κ2) is 3.06. The third-order valence-corrected chi connectivity index (χ3v) is 1.87. The normalized spacial score (nSPS) is 23.8. The zero-order chi connectivity index (χ0) is 7.56. The molecule has 0 aromatic carbocycles. The summed E-state index contributed by atoms with van der Waals surface area (Å²) in [5, 5.41) is 0. The lowest BCUT2D eigenvalue weighted by atomic mass is 10.3. The fourth-order valence-corrected chi connectivity index (χ4v) is 1.20. The molecule has 1 unspecified atom stereocenters. The summed E-state index contributed by atoms with van der Waals surface area (Å²) in [4.78, 5) is 12.7. The summed E-state index contributed by atoms with van der Waals surface area (Å²) in [5.41, 5.74) is 0. The molecule has 0 fully saturated rings. The molecule has 1 atom stereocenters. The Bertz CT molecular complexity index is 167. The Morgan fingerprint density at radius 2 is 2.60 bits per heavy atom. The monoisotopic (exact) mass is 159 g/mol. The Labute approximate surface area is 65.5 Å². The fraction of sp³-hybridized carbons (Fsp3) is 0.571. The second-order valence-corrected chi connectivity index (χ2v) is 2.62. The topological polar surface area (TPSA) is 20.3 Å². The molecule has 1 rings (SSSR count). The van der Waals surface area contributed by atoms with Gasteiger partial charge in [-0.2, -0.15) is 0 Å². The highest BCUT2D eigenvalue weighted by atomic mass is 35.5. The fourth-order valence-electron chi connectivity index (χ4n) is 1.05. The maximum Gasteiger partial charge on any atom is 0.238 e. The molecule has 1 heterocycles. The van der Waals surface area contributed by atoms with Crippen LogP contribution in [-0.2, 0) is 4.79 Å². The Morgan fingerprint density at radius 3 is 3.00 bits per heavy atom. The van der Waals surface area contributed by atoms with E-state index in [4.69, 9.17) is 11.6 Å². The van der Waals surface area contributed by atoms with Crippen molar-refractivity contribution < 1.29 is 4.79 Å². The molecule has 0 N–H and O–H groups in total. The van der Waals surface area contributed by atoms with Crippen molar-refractivity contribution in [2.45, 2.75) is 13.0 Å². The van der Waals surface area contributed by atoms with Crippen LogP contribution in [0.3, 0.4) is 0 Å². The average Bonchev–Trinajstić information content (AvgIpc) is 2.34. The quantitative estimate of drug-likeness (QED) is 0.413. The van der Waals surface area contributed by atoms with Gasteiger partial charge in [0.2, 0.25) is 5.91 Å². The van der Waals surface area contributed by atoms with Crippen LogP contribution in [0.4, 0.5) is 0 Å². The van der Waals surface area contributed by atoms with Gasteiger partial charge in [0.25, 0.3) is 0 Å². The van der Waals surface area contributed by atoms with Gasteiger partial charge in [-0.15, -0.1) is 11.6 Å². The summed E-state index contributed by atoms with van der Waals surface area (Å²) in [5.74, 6) is 0.102. The molecule has 1 aliphatic rings. The maximum atomic E-state index is 11.0. The minimum absolute atomic E-state index is 0.0131. The highest BCUT2D eigenvalue weighted by Crippen LogP contribution is 2.08. The molecule has 0 saturated heterocycles. The Hall–Kier alpha value is -0.500. The van der Waals surface area contributed by atoms with Crippen LogP contribution in [0.2, 0.25) is 0 Å². The number of rotatable bonds is 1. The first-order valence-electron chi connectivity index (χ1n) is 3.28. The molecule has 0 aliphatic carbocycles. The van der Waals surface area contributed by atoms with Crippen LogP contribution in [-0.4, -0.2) is 29.3 Å². The molecule has 0 aromatic rings. The van der Waals surface area contributed by atoms with Crippen molar-refractivity contribution in [1.82, 2.24) is 4.90 Å². The van der Waals surface area contributed by atoms with Gasteiger partial charge in [-0.25, -0.2) is 0 Å². The first-order valence-corrected chi connectivity index (χ1v) is 3.81. The number of halogens is 1. The van der Waals surface area contributed by atoms with E-state index in [9.17, 15) is 4.79 Å². The molecule has 0 saturated carbocycles. The molecule has 1 amide bonds. The third kappa shape index (κ3) is 1.32. The van der Waals surface area contributed by atoms with E-state index in [1.165, 1.54) is 0 Å². The predicted octanol–water partition coefficient (Wildman–Crippen LogP) is 1.01. The molecule has 3 heteroatoms. The lowest BCUT2D eigenvalue weighted by molar-refractivity contribution is -0.128. The van der Waals surface area contributed by atoms with Gasteiger partial charge in [-0.3, -0.25) is 4.79 Å². The first-order chi connectivity index (χ1) is 4.75. The first kappa shape index (κ1) is 7.61. The Morgan fingerprint density at radius 1 is 1.90 bits per heavy atom. The van der Waals surface area contributed by atoms with Gasteiger partial charge in [0.05, 0.1) is 0 Å². The molecule has 10 heavy (non-hydrogen) atoms. The van der Waals surface area contributed by atoms with Gasteiger partial charge in [0.15, 0.2) is 0 Å². The van der Waals surface area contributed by atoms with Crippen LogP contribution in [0, 0.1) is 0 Å². The van der Waals surface area contributed by atoms with Gasteiger partial charge in [-0.1, -0.05) is 12.2 Å². The molecule has 0 bridgehead atoms.